The Bertz CT molecular complexity index is 949. The van der Waals surface area contributed by atoms with E-state index in [2.05, 4.69) is 16.4 Å². The number of amides is 2. The van der Waals surface area contributed by atoms with Crippen molar-refractivity contribution in [1.29, 1.82) is 5.26 Å². The predicted octanol–water partition coefficient (Wildman–Crippen LogP) is 2.17. The van der Waals surface area contributed by atoms with Crippen LogP contribution in [0.5, 0.6) is 0 Å². The number of nitrogens with zero attached hydrogens (tertiary/aromatic N) is 3. The zero-order valence-corrected chi connectivity index (χ0v) is 18.7. The van der Waals surface area contributed by atoms with Crippen molar-refractivity contribution in [3.8, 4) is 17.2 Å². The Morgan fingerprint density at radius 3 is 2.31 bits per heavy atom. The van der Waals surface area contributed by atoms with Crippen molar-refractivity contribution in [3.05, 3.63) is 53.9 Å². The number of carbonyl (C=O) groups excluding carboxylic acids is 2. The summed E-state index contributed by atoms with van der Waals surface area (Å²) in [5.74, 6) is -1.52. The highest BCUT2D eigenvalue weighted by Crippen LogP contribution is 2.23. The summed E-state index contributed by atoms with van der Waals surface area (Å²) in [6.45, 7) is 6.39. The first-order chi connectivity index (χ1) is 15.3. The van der Waals surface area contributed by atoms with Crippen LogP contribution in [-0.2, 0) is 9.59 Å². The molecular formula is C24H30N4O4. The molecule has 0 aliphatic heterocycles. The molecule has 1 aromatic carbocycles. The van der Waals surface area contributed by atoms with Crippen molar-refractivity contribution in [2.75, 3.05) is 13.1 Å². The Hall–Kier alpha value is -3.28. The lowest BCUT2D eigenvalue weighted by molar-refractivity contribution is -0.153. The molecule has 0 fully saturated rings. The number of pyridine rings is 1. The van der Waals surface area contributed by atoms with E-state index in [0.717, 1.165) is 11.1 Å². The van der Waals surface area contributed by atoms with Gasteiger partial charge in [-0.05, 0) is 31.9 Å². The van der Waals surface area contributed by atoms with Gasteiger partial charge in [0.25, 0.3) is 11.8 Å². The maximum absolute atomic E-state index is 12.4. The van der Waals surface area contributed by atoms with Gasteiger partial charge in [0.05, 0.1) is 23.4 Å². The molecule has 0 spiro atoms. The Labute approximate surface area is 188 Å². The molecule has 1 unspecified atom stereocenters. The Morgan fingerprint density at radius 1 is 1.09 bits per heavy atom. The van der Waals surface area contributed by atoms with E-state index in [0.29, 0.717) is 37.2 Å². The van der Waals surface area contributed by atoms with Crippen molar-refractivity contribution in [3.63, 3.8) is 0 Å². The van der Waals surface area contributed by atoms with Crippen LogP contribution in [0, 0.1) is 11.3 Å². The van der Waals surface area contributed by atoms with Gasteiger partial charge in [-0.25, -0.2) is 0 Å². The fraction of sp³-hybridized carbons (Fsp3) is 0.417. The third-order valence-electron chi connectivity index (χ3n) is 5.07. The SMILES string of the molecule is CCCN(CCC)C(=O)[C@H](O)[C@@H](O)C(=O)NC(C)c1ccc(-c2ccccc2C#N)cn1. The molecular weight excluding hydrogens is 408 g/mol. The highest BCUT2D eigenvalue weighted by Gasteiger charge is 2.33. The molecule has 3 atom stereocenters. The quantitative estimate of drug-likeness (QED) is 0.522. The first-order valence-electron chi connectivity index (χ1n) is 10.7. The Kier molecular flexibility index (Phi) is 9.32. The molecule has 0 saturated carbocycles. The molecule has 170 valence electrons. The van der Waals surface area contributed by atoms with E-state index in [1.165, 1.54) is 4.90 Å². The third-order valence-corrected chi connectivity index (χ3v) is 5.07. The minimum atomic E-state index is -1.89. The molecule has 3 N–H and O–H groups in total. The molecule has 0 radical (unpaired) electrons. The van der Waals surface area contributed by atoms with Crippen molar-refractivity contribution in [1.82, 2.24) is 15.2 Å². The molecule has 0 bridgehead atoms. The lowest BCUT2D eigenvalue weighted by Crippen LogP contribution is -2.51. The van der Waals surface area contributed by atoms with Crippen LogP contribution in [0.15, 0.2) is 42.6 Å². The molecule has 1 aromatic heterocycles. The summed E-state index contributed by atoms with van der Waals surface area (Å²) in [6, 6.07) is 12.3. The fourth-order valence-electron chi connectivity index (χ4n) is 3.36. The lowest BCUT2D eigenvalue weighted by Gasteiger charge is -2.26. The number of rotatable bonds is 10. The topological polar surface area (TPSA) is 127 Å². The molecule has 1 heterocycles. The minimum absolute atomic E-state index is 0.444. The van der Waals surface area contributed by atoms with Crippen molar-refractivity contribution >= 4 is 11.8 Å². The molecule has 2 aromatic rings. The van der Waals surface area contributed by atoms with Crippen molar-refractivity contribution < 1.29 is 19.8 Å². The van der Waals surface area contributed by atoms with Gasteiger partial charge in [0.1, 0.15) is 0 Å². The van der Waals surface area contributed by atoms with Crippen LogP contribution in [0.25, 0.3) is 11.1 Å². The average Bonchev–Trinajstić information content (AvgIpc) is 2.82. The molecule has 2 amide bonds. The normalized spacial score (nSPS) is 13.5. The maximum Gasteiger partial charge on any atom is 0.254 e. The summed E-state index contributed by atoms with van der Waals surface area (Å²) >= 11 is 0. The smallest absolute Gasteiger partial charge is 0.254 e. The van der Waals surface area contributed by atoms with Crippen LogP contribution in [0.1, 0.15) is 50.9 Å². The summed E-state index contributed by atoms with van der Waals surface area (Å²) in [5.41, 5.74) is 2.58. The summed E-state index contributed by atoms with van der Waals surface area (Å²) < 4.78 is 0. The summed E-state index contributed by atoms with van der Waals surface area (Å²) in [4.78, 5) is 30.7. The van der Waals surface area contributed by atoms with E-state index in [1.807, 2.05) is 26.0 Å². The monoisotopic (exact) mass is 438 g/mol. The highest BCUT2D eigenvalue weighted by atomic mass is 16.3. The lowest BCUT2D eigenvalue weighted by atomic mass is 10.0. The van der Waals surface area contributed by atoms with Crippen LogP contribution in [-0.4, -0.2) is 57.2 Å². The maximum atomic E-state index is 12.4. The zero-order chi connectivity index (χ0) is 23.7. The van der Waals surface area contributed by atoms with E-state index < -0.39 is 30.1 Å². The third kappa shape index (κ3) is 6.13. The standard InChI is InChI=1S/C24H30N4O4/c1-4-12-28(13-5-2)24(32)22(30)21(29)23(31)27-16(3)20-11-10-18(15-26-20)19-9-7-6-8-17(19)14-25/h6-11,15-16,21-22,29-30H,4-5,12-13H2,1-3H3,(H,27,31)/t16?,21-,22-/m1/s1. The van der Waals surface area contributed by atoms with Crippen LogP contribution < -0.4 is 5.32 Å². The summed E-state index contributed by atoms with van der Waals surface area (Å²) in [5, 5.41) is 32.3. The molecule has 0 aliphatic carbocycles. The highest BCUT2D eigenvalue weighted by molar-refractivity contribution is 5.90. The number of benzene rings is 1. The zero-order valence-electron chi connectivity index (χ0n) is 18.7. The minimum Gasteiger partial charge on any atom is -0.380 e. The summed E-state index contributed by atoms with van der Waals surface area (Å²) in [6.07, 6.45) is -0.700. The molecule has 32 heavy (non-hydrogen) atoms. The first kappa shape index (κ1) is 25.0. The second kappa shape index (κ2) is 11.9. The number of aliphatic hydroxyl groups excluding tert-OH is 2. The van der Waals surface area contributed by atoms with E-state index >= 15 is 0 Å². The van der Waals surface area contributed by atoms with Gasteiger partial charge in [-0.1, -0.05) is 38.1 Å². The number of carbonyl (C=O) groups is 2. The van der Waals surface area contributed by atoms with Gasteiger partial charge >= 0.3 is 0 Å². The second-order valence-electron chi connectivity index (χ2n) is 7.57. The first-order valence-corrected chi connectivity index (χ1v) is 10.7. The second-order valence-corrected chi connectivity index (χ2v) is 7.57. The Morgan fingerprint density at radius 2 is 1.75 bits per heavy atom. The van der Waals surface area contributed by atoms with Gasteiger partial charge in [0, 0.05) is 30.4 Å². The van der Waals surface area contributed by atoms with Crippen LogP contribution >= 0.6 is 0 Å². The van der Waals surface area contributed by atoms with Gasteiger partial charge < -0.3 is 20.4 Å². The van der Waals surface area contributed by atoms with Crippen molar-refractivity contribution in [2.24, 2.45) is 0 Å². The largest absolute Gasteiger partial charge is 0.380 e. The molecule has 8 nitrogen and oxygen atoms in total. The summed E-state index contributed by atoms with van der Waals surface area (Å²) in [7, 11) is 0. The number of aliphatic hydroxyl groups is 2. The average molecular weight is 439 g/mol. The van der Waals surface area contributed by atoms with Crippen LogP contribution in [0.4, 0.5) is 0 Å². The molecule has 0 saturated heterocycles. The number of hydrogen-bond acceptors (Lipinski definition) is 6. The van der Waals surface area contributed by atoms with Crippen LogP contribution in [0.3, 0.4) is 0 Å². The van der Waals surface area contributed by atoms with E-state index in [4.69, 9.17) is 0 Å². The van der Waals surface area contributed by atoms with Gasteiger partial charge in [0.2, 0.25) is 0 Å². The predicted molar refractivity (Wildman–Crippen MR) is 120 cm³/mol. The van der Waals surface area contributed by atoms with E-state index in [1.54, 1.807) is 37.4 Å². The molecule has 2 rings (SSSR count). The van der Waals surface area contributed by atoms with Gasteiger partial charge in [-0.15, -0.1) is 0 Å². The number of hydrogen-bond donors (Lipinski definition) is 3. The van der Waals surface area contributed by atoms with Crippen LogP contribution in [0.2, 0.25) is 0 Å². The number of nitrogens with one attached hydrogen (secondary N) is 1. The van der Waals surface area contributed by atoms with Crippen molar-refractivity contribution in [2.45, 2.75) is 51.9 Å². The van der Waals surface area contributed by atoms with Gasteiger partial charge in [-0.3, -0.25) is 14.6 Å². The van der Waals surface area contributed by atoms with E-state index in [-0.39, 0.29) is 0 Å². The van der Waals surface area contributed by atoms with Gasteiger partial charge in [0.15, 0.2) is 12.2 Å². The number of nitriles is 1. The van der Waals surface area contributed by atoms with E-state index in [9.17, 15) is 25.1 Å². The molecule has 0 aliphatic rings. The van der Waals surface area contributed by atoms with Gasteiger partial charge in [-0.2, -0.15) is 5.26 Å². The number of aromatic nitrogens is 1. The fourth-order valence-corrected chi connectivity index (χ4v) is 3.36. The molecule has 8 heteroatoms. The Balaban J connectivity index is 2.05.